The summed E-state index contributed by atoms with van der Waals surface area (Å²) in [7, 11) is -4.46. The number of fused-ring (bicyclic) bond motifs is 1. The highest BCUT2D eigenvalue weighted by Crippen LogP contribution is 2.39. The maximum absolute atomic E-state index is 13.7. The number of alkyl halides is 3. The van der Waals surface area contributed by atoms with Gasteiger partial charge in [0.2, 0.25) is 5.91 Å². The van der Waals surface area contributed by atoms with Gasteiger partial charge < -0.3 is 14.8 Å². The molecule has 2 aromatic carbocycles. The number of benzene rings is 2. The standard InChI is InChI=1S/C26H31F3N2O6S/c1-5-23(32)30-12-11-19-16-31(38(34,35)20-8-6-7-18(15-20)26(27,28)29)21-13-17(9-10-22(21)36-19)14-24(33)37-25(2,3)4/h6-10,13,15,19H,5,11-12,14,16H2,1-4H3,(H,30,32)/t19-/m0/s1. The lowest BCUT2D eigenvalue weighted by Crippen LogP contribution is -2.45. The summed E-state index contributed by atoms with van der Waals surface area (Å²) >= 11 is 0. The first-order valence-corrected chi connectivity index (χ1v) is 13.5. The highest BCUT2D eigenvalue weighted by molar-refractivity contribution is 7.92. The number of esters is 1. The number of amides is 1. The number of halogens is 3. The molecule has 8 nitrogen and oxygen atoms in total. The number of nitrogens with zero attached hydrogens (tertiary/aromatic N) is 1. The molecule has 0 bridgehead atoms. The Morgan fingerprint density at radius 3 is 2.47 bits per heavy atom. The monoisotopic (exact) mass is 556 g/mol. The molecule has 12 heteroatoms. The molecule has 38 heavy (non-hydrogen) atoms. The molecule has 0 saturated heterocycles. The van der Waals surface area contributed by atoms with Crippen molar-refractivity contribution in [2.75, 3.05) is 17.4 Å². The van der Waals surface area contributed by atoms with Gasteiger partial charge in [-0.25, -0.2) is 8.42 Å². The minimum atomic E-state index is -4.73. The predicted molar refractivity (Wildman–Crippen MR) is 134 cm³/mol. The van der Waals surface area contributed by atoms with Crippen LogP contribution in [0.5, 0.6) is 5.75 Å². The minimum Gasteiger partial charge on any atom is -0.486 e. The van der Waals surface area contributed by atoms with E-state index < -0.39 is 44.3 Å². The first kappa shape index (κ1) is 29.3. The highest BCUT2D eigenvalue weighted by atomic mass is 32.2. The van der Waals surface area contributed by atoms with Crippen LogP contribution in [-0.4, -0.2) is 45.1 Å². The van der Waals surface area contributed by atoms with Gasteiger partial charge in [0.1, 0.15) is 17.5 Å². The number of hydrogen-bond acceptors (Lipinski definition) is 6. The fraction of sp³-hybridized carbons (Fsp3) is 0.462. The first-order chi connectivity index (χ1) is 17.6. The van der Waals surface area contributed by atoms with Crippen molar-refractivity contribution < 1.29 is 40.7 Å². The van der Waals surface area contributed by atoms with Gasteiger partial charge in [0.05, 0.1) is 29.1 Å². The Labute approximate surface area is 220 Å². The Bertz CT molecular complexity index is 1290. The summed E-state index contributed by atoms with van der Waals surface area (Å²) in [5.74, 6) is -0.515. The van der Waals surface area contributed by atoms with Crippen molar-refractivity contribution in [1.82, 2.24) is 5.32 Å². The number of nitrogens with one attached hydrogen (secondary N) is 1. The molecule has 1 aliphatic rings. The lowest BCUT2D eigenvalue weighted by molar-refractivity contribution is -0.154. The molecule has 0 aromatic heterocycles. The molecule has 0 radical (unpaired) electrons. The Morgan fingerprint density at radius 1 is 1.13 bits per heavy atom. The van der Waals surface area contributed by atoms with E-state index >= 15 is 0 Å². The van der Waals surface area contributed by atoms with E-state index in [4.69, 9.17) is 9.47 Å². The summed E-state index contributed by atoms with van der Waals surface area (Å²) in [6.45, 7) is 6.87. The molecule has 0 unspecified atom stereocenters. The number of anilines is 1. The SMILES string of the molecule is CCC(=O)NCC[C@H]1CN(S(=O)(=O)c2cccc(C(F)(F)F)c2)c2cc(CC(=O)OC(C)(C)C)ccc2O1. The van der Waals surface area contributed by atoms with Crippen molar-refractivity contribution in [3.63, 3.8) is 0 Å². The van der Waals surface area contributed by atoms with Crippen LogP contribution in [0.4, 0.5) is 18.9 Å². The van der Waals surface area contributed by atoms with Gasteiger partial charge in [-0.1, -0.05) is 19.1 Å². The molecule has 1 heterocycles. The second-order valence-electron chi connectivity index (χ2n) is 9.86. The second-order valence-corrected chi connectivity index (χ2v) is 11.7. The number of hydrogen-bond donors (Lipinski definition) is 1. The fourth-order valence-electron chi connectivity index (χ4n) is 3.85. The van der Waals surface area contributed by atoms with Crippen LogP contribution >= 0.6 is 0 Å². The van der Waals surface area contributed by atoms with Gasteiger partial charge in [-0.15, -0.1) is 0 Å². The van der Waals surface area contributed by atoms with E-state index in [1.807, 2.05) is 0 Å². The van der Waals surface area contributed by atoms with Gasteiger partial charge >= 0.3 is 12.1 Å². The third kappa shape index (κ3) is 7.40. The maximum atomic E-state index is 13.7. The van der Waals surface area contributed by atoms with Gasteiger partial charge in [-0.05, 0) is 56.7 Å². The Kier molecular flexibility index (Phi) is 8.65. The molecule has 1 amide bonds. The van der Waals surface area contributed by atoms with Crippen molar-refractivity contribution in [2.45, 2.75) is 69.7 Å². The minimum absolute atomic E-state index is 0.0947. The van der Waals surface area contributed by atoms with Crippen LogP contribution in [0.2, 0.25) is 0 Å². The van der Waals surface area contributed by atoms with Gasteiger partial charge in [-0.3, -0.25) is 13.9 Å². The number of ether oxygens (including phenoxy) is 2. The van der Waals surface area contributed by atoms with Gasteiger partial charge in [0.25, 0.3) is 10.0 Å². The summed E-state index contributed by atoms with van der Waals surface area (Å²) in [5.41, 5.74) is -1.27. The second kappa shape index (κ2) is 11.2. The van der Waals surface area contributed by atoms with Crippen LogP contribution < -0.4 is 14.4 Å². The number of sulfonamides is 1. The number of carbonyl (C=O) groups excluding carboxylic acids is 2. The maximum Gasteiger partial charge on any atom is 0.416 e. The van der Waals surface area contributed by atoms with E-state index in [9.17, 15) is 31.2 Å². The van der Waals surface area contributed by atoms with Crippen LogP contribution in [0.15, 0.2) is 47.4 Å². The molecular formula is C26H31F3N2O6S. The smallest absolute Gasteiger partial charge is 0.416 e. The fourth-order valence-corrected chi connectivity index (χ4v) is 5.39. The van der Waals surface area contributed by atoms with Crippen molar-refractivity contribution >= 4 is 27.6 Å². The molecule has 0 saturated carbocycles. The summed E-state index contributed by atoms with van der Waals surface area (Å²) in [6.07, 6.45) is -5.01. The molecule has 208 valence electrons. The van der Waals surface area contributed by atoms with Crippen molar-refractivity contribution in [3.05, 3.63) is 53.6 Å². The molecule has 0 spiro atoms. The van der Waals surface area contributed by atoms with Gasteiger partial charge in [0.15, 0.2) is 0 Å². The van der Waals surface area contributed by atoms with Gasteiger partial charge in [0, 0.05) is 19.4 Å². The molecule has 1 aliphatic heterocycles. The summed E-state index contributed by atoms with van der Waals surface area (Å²) in [4.78, 5) is 23.4. The zero-order chi connectivity index (χ0) is 28.3. The average Bonchev–Trinajstić information content (AvgIpc) is 2.81. The van der Waals surface area contributed by atoms with Crippen LogP contribution in [0, 0.1) is 0 Å². The molecule has 1 atom stereocenters. The van der Waals surface area contributed by atoms with E-state index in [0.717, 1.165) is 22.5 Å². The lowest BCUT2D eigenvalue weighted by Gasteiger charge is -2.36. The third-order valence-electron chi connectivity index (χ3n) is 5.58. The van der Waals surface area contributed by atoms with E-state index in [-0.39, 0.29) is 49.7 Å². The molecule has 0 fully saturated rings. The van der Waals surface area contributed by atoms with Crippen molar-refractivity contribution in [1.29, 1.82) is 0 Å². The van der Waals surface area contributed by atoms with Crippen LogP contribution in [0.25, 0.3) is 0 Å². The van der Waals surface area contributed by atoms with Gasteiger partial charge in [-0.2, -0.15) is 13.2 Å². The Balaban J connectivity index is 1.98. The van der Waals surface area contributed by atoms with E-state index in [2.05, 4.69) is 5.32 Å². The van der Waals surface area contributed by atoms with E-state index in [0.29, 0.717) is 11.6 Å². The number of rotatable bonds is 8. The molecule has 3 rings (SSSR count). The highest BCUT2D eigenvalue weighted by Gasteiger charge is 2.37. The van der Waals surface area contributed by atoms with Crippen LogP contribution in [0.1, 0.15) is 51.7 Å². The largest absolute Gasteiger partial charge is 0.486 e. The zero-order valence-corrected chi connectivity index (χ0v) is 22.4. The van der Waals surface area contributed by atoms with Crippen LogP contribution in [-0.2, 0) is 36.9 Å². The van der Waals surface area contributed by atoms with E-state index in [1.165, 1.54) is 12.1 Å². The zero-order valence-electron chi connectivity index (χ0n) is 21.6. The molecule has 0 aliphatic carbocycles. The Morgan fingerprint density at radius 2 is 1.84 bits per heavy atom. The summed E-state index contributed by atoms with van der Waals surface area (Å²) in [5, 5.41) is 2.70. The van der Waals surface area contributed by atoms with Crippen molar-refractivity contribution in [2.24, 2.45) is 0 Å². The average molecular weight is 557 g/mol. The third-order valence-corrected chi connectivity index (χ3v) is 7.36. The topological polar surface area (TPSA) is 102 Å². The predicted octanol–water partition coefficient (Wildman–Crippen LogP) is 4.46. The molecule has 2 aromatic rings. The summed E-state index contributed by atoms with van der Waals surface area (Å²) in [6, 6.07) is 8.09. The normalized spacial score (nSPS) is 15.9. The lowest BCUT2D eigenvalue weighted by atomic mass is 10.1. The van der Waals surface area contributed by atoms with E-state index in [1.54, 1.807) is 33.8 Å². The first-order valence-electron chi connectivity index (χ1n) is 12.1. The van der Waals surface area contributed by atoms with Crippen LogP contribution in [0.3, 0.4) is 0 Å². The molecule has 1 N–H and O–H groups in total. The number of carbonyl (C=O) groups is 2. The quantitative estimate of drug-likeness (QED) is 0.482. The Hall–Kier alpha value is -3.28. The summed E-state index contributed by atoms with van der Waals surface area (Å²) < 4.78 is 79.6. The molecular weight excluding hydrogens is 525 g/mol. The van der Waals surface area contributed by atoms with Crippen molar-refractivity contribution in [3.8, 4) is 5.75 Å².